The zero-order valence-electron chi connectivity index (χ0n) is 15.9. The Labute approximate surface area is 189 Å². The number of nitrogens with one attached hydrogen (secondary N) is 1. The second-order valence-electron chi connectivity index (χ2n) is 6.27. The molecule has 0 radical (unpaired) electrons. The number of halogens is 4. The van der Waals surface area contributed by atoms with E-state index in [-0.39, 0.29) is 16.7 Å². The van der Waals surface area contributed by atoms with Crippen LogP contribution in [0, 0.1) is 0 Å². The minimum atomic E-state index is -4.81. The Kier molecular flexibility index (Phi) is 6.58. The molecule has 0 unspecified atom stereocenters. The maximum atomic E-state index is 13.7. The zero-order chi connectivity index (χ0) is 22.9. The normalized spacial score (nSPS) is 16.1. The number of alkyl halides is 3. The molecule has 12 heteroatoms. The molecule has 1 fully saturated rings. The molecule has 0 saturated carbocycles. The fourth-order valence-electron chi connectivity index (χ4n) is 2.73. The number of hydrogen-bond donors (Lipinski definition) is 1. The van der Waals surface area contributed by atoms with E-state index in [9.17, 15) is 22.8 Å². The van der Waals surface area contributed by atoms with Gasteiger partial charge in [0, 0.05) is 29.1 Å². The van der Waals surface area contributed by atoms with Crippen LogP contribution in [0.15, 0.2) is 52.4 Å². The van der Waals surface area contributed by atoms with Gasteiger partial charge >= 0.3 is 6.18 Å². The lowest BCUT2D eigenvalue weighted by Gasteiger charge is -2.27. The number of amides is 2. The molecule has 0 aliphatic carbocycles. The Morgan fingerprint density at radius 2 is 1.94 bits per heavy atom. The van der Waals surface area contributed by atoms with Crippen molar-refractivity contribution in [2.24, 2.45) is 7.05 Å². The maximum Gasteiger partial charge on any atom is 0.435 e. The number of aryl methyl sites for hydroxylation is 1. The van der Waals surface area contributed by atoms with Gasteiger partial charge in [-0.25, -0.2) is 0 Å². The van der Waals surface area contributed by atoms with Crippen LogP contribution in [-0.2, 0) is 22.8 Å². The molecule has 1 aliphatic rings. The third kappa shape index (κ3) is 4.83. The van der Waals surface area contributed by atoms with E-state index in [1.54, 1.807) is 24.3 Å². The van der Waals surface area contributed by atoms with Crippen molar-refractivity contribution in [3.8, 4) is 0 Å². The second kappa shape index (κ2) is 8.85. The molecule has 2 heterocycles. The van der Waals surface area contributed by atoms with E-state index < -0.39 is 34.8 Å². The molecule has 0 spiro atoms. The van der Waals surface area contributed by atoms with Gasteiger partial charge in [0.25, 0.3) is 11.8 Å². The Morgan fingerprint density at radius 1 is 1.29 bits per heavy atom. The summed E-state index contributed by atoms with van der Waals surface area (Å²) in [5.41, 5.74) is -2.12. The van der Waals surface area contributed by atoms with Gasteiger partial charge in [-0.2, -0.15) is 18.3 Å². The van der Waals surface area contributed by atoms with Crippen LogP contribution in [0.1, 0.15) is 11.3 Å². The average molecular weight is 487 g/mol. The molecule has 0 atom stereocenters. The van der Waals surface area contributed by atoms with Crippen molar-refractivity contribution < 1.29 is 22.8 Å². The van der Waals surface area contributed by atoms with Crippen LogP contribution in [0.3, 0.4) is 0 Å². The predicted octanol–water partition coefficient (Wildman–Crippen LogP) is 4.06. The summed E-state index contributed by atoms with van der Waals surface area (Å²) in [5.74, 6) is -1.72. The number of nitrogens with zero attached hydrogens (tertiary/aromatic N) is 3. The summed E-state index contributed by atoms with van der Waals surface area (Å²) >= 11 is 11.8. The van der Waals surface area contributed by atoms with Gasteiger partial charge in [0.2, 0.25) is 0 Å². The highest BCUT2D eigenvalue weighted by Crippen LogP contribution is 2.40. The molecule has 6 nitrogen and oxygen atoms in total. The van der Waals surface area contributed by atoms with Crippen molar-refractivity contribution in [2.45, 2.75) is 16.1 Å². The number of rotatable bonds is 5. The lowest BCUT2D eigenvalue weighted by atomic mass is 10.1. The number of aromatic nitrogens is 2. The van der Waals surface area contributed by atoms with Gasteiger partial charge in [-0.15, -0.1) is 6.58 Å². The Balaban J connectivity index is 2.14. The first-order valence-corrected chi connectivity index (χ1v) is 10.2. The topological polar surface area (TPSA) is 67.2 Å². The van der Waals surface area contributed by atoms with Gasteiger partial charge in [-0.05, 0) is 42.6 Å². The van der Waals surface area contributed by atoms with Crippen LogP contribution in [0.25, 0.3) is 6.08 Å². The summed E-state index contributed by atoms with van der Waals surface area (Å²) in [4.78, 5) is 26.7. The molecule has 1 aliphatic heterocycles. The first-order chi connectivity index (χ1) is 14.5. The fourth-order valence-corrected chi connectivity index (χ4v) is 4.04. The molecule has 1 saturated heterocycles. The highest BCUT2D eigenvalue weighted by molar-refractivity contribution is 7.99. The summed E-state index contributed by atoms with van der Waals surface area (Å²) in [6, 6.07) is 6.45. The van der Waals surface area contributed by atoms with Gasteiger partial charge < -0.3 is 0 Å². The van der Waals surface area contributed by atoms with Crippen molar-refractivity contribution in [1.82, 2.24) is 20.0 Å². The van der Waals surface area contributed by atoms with Gasteiger partial charge in [0.05, 0.1) is 0 Å². The third-order valence-corrected chi connectivity index (χ3v) is 5.87. The molecule has 1 aromatic carbocycles. The summed E-state index contributed by atoms with van der Waals surface area (Å²) in [7, 11) is 1.34. The minimum Gasteiger partial charge on any atom is -0.298 e. The molecule has 1 N–H and O–H groups in total. The standard InChI is InChI=1S/C19H14ClF3N4O2S2/c1-3-8-27-16(29)13(15(28)24-18(27)30)9-12-14(19(21,22)23)25-26(2)17(12)31-11-6-4-10(20)5-7-11/h3-7,9H,1,8H2,2H3,(H,24,28,30)/b13-9+. The SMILES string of the molecule is C=CCN1C(=O)/C(=C/c2c(C(F)(F)F)nn(C)c2Sc2ccc(Cl)cc2)C(=O)NC1=S. The highest BCUT2D eigenvalue weighted by Gasteiger charge is 2.40. The van der Waals surface area contributed by atoms with Crippen LogP contribution >= 0.6 is 35.6 Å². The smallest absolute Gasteiger partial charge is 0.298 e. The quantitative estimate of drug-likeness (QED) is 0.299. The first kappa shape index (κ1) is 23.0. The Bertz CT molecular complexity index is 1110. The molecule has 162 valence electrons. The van der Waals surface area contributed by atoms with Crippen molar-refractivity contribution in [2.75, 3.05) is 6.54 Å². The van der Waals surface area contributed by atoms with Crippen LogP contribution in [0.2, 0.25) is 5.02 Å². The lowest BCUT2D eigenvalue weighted by molar-refractivity contribution is -0.141. The zero-order valence-corrected chi connectivity index (χ0v) is 18.3. The van der Waals surface area contributed by atoms with E-state index in [0.29, 0.717) is 9.92 Å². The maximum absolute atomic E-state index is 13.7. The Hall–Kier alpha value is -2.63. The van der Waals surface area contributed by atoms with E-state index in [2.05, 4.69) is 17.0 Å². The van der Waals surface area contributed by atoms with Gasteiger partial charge in [-0.3, -0.25) is 24.5 Å². The largest absolute Gasteiger partial charge is 0.435 e. The van der Waals surface area contributed by atoms with Crippen molar-refractivity contribution >= 4 is 58.6 Å². The van der Waals surface area contributed by atoms with Crippen LogP contribution < -0.4 is 5.32 Å². The number of thiocarbonyl (C=S) groups is 1. The fraction of sp³-hybridized carbons (Fsp3) is 0.158. The molecular formula is C19H14ClF3N4O2S2. The third-order valence-electron chi connectivity index (χ3n) is 4.11. The number of hydrogen-bond acceptors (Lipinski definition) is 5. The predicted molar refractivity (Wildman–Crippen MR) is 114 cm³/mol. The molecular weight excluding hydrogens is 473 g/mol. The summed E-state index contributed by atoms with van der Waals surface area (Å²) in [6.45, 7) is 3.50. The van der Waals surface area contributed by atoms with Crippen molar-refractivity contribution in [1.29, 1.82) is 0 Å². The lowest BCUT2D eigenvalue weighted by Crippen LogP contribution is -2.53. The van der Waals surface area contributed by atoms with Crippen LogP contribution in [0.5, 0.6) is 0 Å². The van der Waals surface area contributed by atoms with Crippen molar-refractivity contribution in [3.63, 3.8) is 0 Å². The van der Waals surface area contributed by atoms with Crippen molar-refractivity contribution in [3.05, 3.63) is 58.8 Å². The molecule has 0 bridgehead atoms. The molecule has 2 amide bonds. The Morgan fingerprint density at radius 3 is 2.52 bits per heavy atom. The number of carbonyl (C=O) groups is 2. The van der Waals surface area contributed by atoms with Crippen LogP contribution in [-0.4, -0.2) is 38.2 Å². The summed E-state index contributed by atoms with van der Waals surface area (Å²) < 4.78 is 42.1. The van der Waals surface area contributed by atoms with E-state index in [4.69, 9.17) is 23.8 Å². The average Bonchev–Trinajstić information content (AvgIpc) is 3.00. The summed E-state index contributed by atoms with van der Waals surface area (Å²) in [5, 5.41) is 6.30. The van der Waals surface area contributed by atoms with Gasteiger partial charge in [0.15, 0.2) is 10.8 Å². The highest BCUT2D eigenvalue weighted by atomic mass is 35.5. The monoisotopic (exact) mass is 486 g/mol. The molecule has 3 rings (SSSR count). The van der Waals surface area contributed by atoms with E-state index in [1.165, 1.54) is 13.1 Å². The van der Waals surface area contributed by atoms with Gasteiger partial charge in [0.1, 0.15) is 10.6 Å². The van der Waals surface area contributed by atoms with E-state index in [0.717, 1.165) is 27.4 Å². The van der Waals surface area contributed by atoms with E-state index >= 15 is 0 Å². The van der Waals surface area contributed by atoms with Gasteiger partial charge in [-0.1, -0.05) is 29.4 Å². The minimum absolute atomic E-state index is 0.0131. The van der Waals surface area contributed by atoms with Crippen LogP contribution in [0.4, 0.5) is 13.2 Å². The number of carbonyl (C=O) groups excluding carboxylic acids is 2. The number of benzene rings is 1. The molecule has 2 aromatic rings. The molecule has 1 aromatic heterocycles. The summed E-state index contributed by atoms with van der Waals surface area (Å²) in [6.07, 6.45) is -2.54. The first-order valence-electron chi connectivity index (χ1n) is 8.60. The van der Waals surface area contributed by atoms with E-state index in [1.807, 2.05) is 0 Å². The molecule has 31 heavy (non-hydrogen) atoms. The second-order valence-corrected chi connectivity index (χ2v) is 8.15.